The van der Waals surface area contributed by atoms with Crippen molar-refractivity contribution >= 4 is 10.0 Å². The van der Waals surface area contributed by atoms with Gasteiger partial charge >= 0.3 is 0 Å². The Morgan fingerprint density at radius 1 is 1.12 bits per heavy atom. The van der Waals surface area contributed by atoms with Crippen LogP contribution in [-0.4, -0.2) is 28.6 Å². The Bertz CT molecular complexity index is 426. The van der Waals surface area contributed by atoms with Crippen LogP contribution in [0.5, 0.6) is 0 Å². The standard InChI is InChI=1S/C12H20N2O2S/c1-3-11-5-7-12(8-6-11)17(15,16)14-10-4-9-13-2/h5-8,13-14H,3-4,9-10H2,1-2H3. The molecule has 96 valence electrons. The molecule has 1 rings (SSSR count). The van der Waals surface area contributed by atoms with E-state index in [1.165, 1.54) is 0 Å². The van der Waals surface area contributed by atoms with Gasteiger partial charge in [-0.3, -0.25) is 0 Å². The van der Waals surface area contributed by atoms with E-state index in [4.69, 9.17) is 0 Å². The van der Waals surface area contributed by atoms with Crippen molar-refractivity contribution in [2.45, 2.75) is 24.7 Å². The Hall–Kier alpha value is -0.910. The van der Waals surface area contributed by atoms with Crippen LogP contribution in [0.25, 0.3) is 0 Å². The number of rotatable bonds is 7. The summed E-state index contributed by atoms with van der Waals surface area (Å²) in [5.41, 5.74) is 1.14. The van der Waals surface area contributed by atoms with Crippen LogP contribution in [0.2, 0.25) is 0 Å². The van der Waals surface area contributed by atoms with E-state index in [-0.39, 0.29) is 0 Å². The van der Waals surface area contributed by atoms with Crippen LogP contribution in [-0.2, 0) is 16.4 Å². The number of nitrogens with one attached hydrogen (secondary N) is 2. The smallest absolute Gasteiger partial charge is 0.240 e. The quantitative estimate of drug-likeness (QED) is 0.719. The average molecular weight is 256 g/mol. The lowest BCUT2D eigenvalue weighted by atomic mass is 10.2. The molecular formula is C12H20N2O2S. The van der Waals surface area contributed by atoms with E-state index in [0.717, 1.165) is 24.9 Å². The minimum Gasteiger partial charge on any atom is -0.320 e. The summed E-state index contributed by atoms with van der Waals surface area (Å²) in [5.74, 6) is 0. The fourth-order valence-corrected chi connectivity index (χ4v) is 2.53. The second-order valence-corrected chi connectivity index (χ2v) is 5.62. The SMILES string of the molecule is CCc1ccc(S(=O)(=O)NCCCNC)cc1. The topological polar surface area (TPSA) is 58.2 Å². The number of benzene rings is 1. The van der Waals surface area contributed by atoms with E-state index in [0.29, 0.717) is 11.4 Å². The van der Waals surface area contributed by atoms with Crippen LogP contribution in [0.15, 0.2) is 29.2 Å². The van der Waals surface area contributed by atoms with Gasteiger partial charge in [-0.05, 0) is 44.1 Å². The predicted molar refractivity (Wildman–Crippen MR) is 69.6 cm³/mol. The second-order valence-electron chi connectivity index (χ2n) is 3.85. The first-order valence-electron chi connectivity index (χ1n) is 5.83. The normalized spacial score (nSPS) is 11.6. The van der Waals surface area contributed by atoms with Crippen molar-refractivity contribution in [3.05, 3.63) is 29.8 Å². The molecule has 1 aromatic rings. The second kappa shape index (κ2) is 6.74. The molecule has 0 spiro atoms. The fraction of sp³-hybridized carbons (Fsp3) is 0.500. The van der Waals surface area contributed by atoms with Gasteiger partial charge < -0.3 is 5.32 Å². The maximum atomic E-state index is 11.9. The molecule has 17 heavy (non-hydrogen) atoms. The number of aryl methyl sites for hydroxylation is 1. The van der Waals surface area contributed by atoms with Gasteiger partial charge in [0.05, 0.1) is 4.90 Å². The number of sulfonamides is 1. The fourth-order valence-electron chi connectivity index (χ4n) is 1.46. The zero-order valence-electron chi connectivity index (χ0n) is 10.4. The average Bonchev–Trinajstić information content (AvgIpc) is 2.35. The van der Waals surface area contributed by atoms with Gasteiger partial charge in [0.2, 0.25) is 10.0 Å². The molecule has 2 N–H and O–H groups in total. The van der Waals surface area contributed by atoms with E-state index < -0.39 is 10.0 Å². The Morgan fingerprint density at radius 2 is 1.76 bits per heavy atom. The minimum absolute atomic E-state index is 0.333. The van der Waals surface area contributed by atoms with E-state index in [9.17, 15) is 8.42 Å². The molecule has 5 heteroatoms. The molecule has 0 aliphatic carbocycles. The first-order chi connectivity index (χ1) is 8.10. The van der Waals surface area contributed by atoms with Crippen LogP contribution in [0.3, 0.4) is 0 Å². The Balaban J connectivity index is 2.62. The predicted octanol–water partition coefficient (Wildman–Crippen LogP) is 1.14. The lowest BCUT2D eigenvalue weighted by molar-refractivity contribution is 0.577. The van der Waals surface area contributed by atoms with Crippen molar-refractivity contribution in [3.8, 4) is 0 Å². The summed E-state index contributed by atoms with van der Waals surface area (Å²) < 4.78 is 26.3. The lowest BCUT2D eigenvalue weighted by Crippen LogP contribution is -2.26. The summed E-state index contributed by atoms with van der Waals surface area (Å²) in [6, 6.07) is 7.00. The van der Waals surface area contributed by atoms with Crippen LogP contribution in [0.1, 0.15) is 18.9 Å². The summed E-state index contributed by atoms with van der Waals surface area (Å²) >= 11 is 0. The molecule has 0 aromatic heterocycles. The van der Waals surface area contributed by atoms with Crippen molar-refractivity contribution in [2.75, 3.05) is 20.1 Å². The van der Waals surface area contributed by atoms with Crippen molar-refractivity contribution in [1.29, 1.82) is 0 Å². The summed E-state index contributed by atoms with van der Waals surface area (Å²) in [7, 11) is -1.50. The maximum Gasteiger partial charge on any atom is 0.240 e. The molecule has 0 fully saturated rings. The van der Waals surface area contributed by atoms with E-state index in [1.807, 2.05) is 26.1 Å². The van der Waals surface area contributed by atoms with Crippen LogP contribution in [0.4, 0.5) is 0 Å². The largest absolute Gasteiger partial charge is 0.320 e. The molecule has 0 atom stereocenters. The molecule has 0 saturated heterocycles. The summed E-state index contributed by atoms with van der Waals surface area (Å²) in [6.45, 7) is 3.30. The van der Waals surface area contributed by atoms with Gasteiger partial charge in [0.15, 0.2) is 0 Å². The van der Waals surface area contributed by atoms with Crippen molar-refractivity contribution in [1.82, 2.24) is 10.0 Å². The molecule has 0 heterocycles. The molecule has 0 bridgehead atoms. The molecule has 0 aliphatic heterocycles. The highest BCUT2D eigenvalue weighted by atomic mass is 32.2. The molecule has 1 aromatic carbocycles. The zero-order chi connectivity index (χ0) is 12.7. The Morgan fingerprint density at radius 3 is 2.29 bits per heavy atom. The van der Waals surface area contributed by atoms with Crippen molar-refractivity contribution in [2.24, 2.45) is 0 Å². The molecular weight excluding hydrogens is 236 g/mol. The van der Waals surface area contributed by atoms with E-state index in [2.05, 4.69) is 10.0 Å². The highest BCUT2D eigenvalue weighted by Crippen LogP contribution is 2.10. The minimum atomic E-state index is -3.34. The van der Waals surface area contributed by atoms with Gasteiger partial charge in [0, 0.05) is 6.54 Å². The third-order valence-electron chi connectivity index (χ3n) is 2.54. The van der Waals surface area contributed by atoms with Crippen LogP contribution in [0, 0.1) is 0 Å². The summed E-state index contributed by atoms with van der Waals surface area (Å²) in [6.07, 6.45) is 1.69. The lowest BCUT2D eigenvalue weighted by Gasteiger charge is -2.07. The van der Waals surface area contributed by atoms with Crippen molar-refractivity contribution < 1.29 is 8.42 Å². The van der Waals surface area contributed by atoms with Gasteiger partial charge in [-0.2, -0.15) is 0 Å². The first-order valence-corrected chi connectivity index (χ1v) is 7.31. The molecule has 0 radical (unpaired) electrons. The zero-order valence-corrected chi connectivity index (χ0v) is 11.2. The monoisotopic (exact) mass is 256 g/mol. The molecule has 4 nitrogen and oxygen atoms in total. The van der Waals surface area contributed by atoms with Crippen LogP contribution < -0.4 is 10.0 Å². The highest BCUT2D eigenvalue weighted by Gasteiger charge is 2.12. The van der Waals surface area contributed by atoms with Gasteiger partial charge in [0.1, 0.15) is 0 Å². The molecule has 0 aliphatic rings. The first kappa shape index (κ1) is 14.2. The molecule has 0 amide bonds. The molecule has 0 saturated carbocycles. The van der Waals surface area contributed by atoms with Gasteiger partial charge in [-0.25, -0.2) is 13.1 Å². The number of hydrogen-bond donors (Lipinski definition) is 2. The summed E-state index contributed by atoms with van der Waals surface area (Å²) in [5, 5.41) is 2.97. The van der Waals surface area contributed by atoms with E-state index in [1.54, 1.807) is 12.1 Å². The van der Waals surface area contributed by atoms with Gasteiger partial charge in [-0.15, -0.1) is 0 Å². The highest BCUT2D eigenvalue weighted by molar-refractivity contribution is 7.89. The van der Waals surface area contributed by atoms with Gasteiger partial charge in [0.25, 0.3) is 0 Å². The maximum absolute atomic E-state index is 11.9. The summed E-state index contributed by atoms with van der Waals surface area (Å²) in [4.78, 5) is 0.333. The Labute approximate surface area is 103 Å². The number of hydrogen-bond acceptors (Lipinski definition) is 3. The third-order valence-corrected chi connectivity index (χ3v) is 4.01. The molecule has 0 unspecified atom stereocenters. The third kappa shape index (κ3) is 4.46. The van der Waals surface area contributed by atoms with Crippen LogP contribution >= 0.6 is 0 Å². The Kier molecular flexibility index (Phi) is 5.61. The van der Waals surface area contributed by atoms with Gasteiger partial charge in [-0.1, -0.05) is 19.1 Å². The van der Waals surface area contributed by atoms with Crippen molar-refractivity contribution in [3.63, 3.8) is 0 Å². The van der Waals surface area contributed by atoms with E-state index >= 15 is 0 Å².